The molecule has 1 amide bonds. The third-order valence-electron chi connectivity index (χ3n) is 5.62. The molecule has 2 fully saturated rings. The third kappa shape index (κ3) is 10.5. The highest BCUT2D eigenvalue weighted by Gasteiger charge is 2.25. The first kappa shape index (κ1) is 31.4. The summed E-state index contributed by atoms with van der Waals surface area (Å²) in [6.45, 7) is 5.61. The van der Waals surface area contributed by atoms with Gasteiger partial charge in [-0.1, -0.05) is 31.9 Å². The molecule has 13 heteroatoms. The SMILES string of the molecule is Cc1cc(C(=O)N2CCS(=O)(=O)CC2)ccc1Br.Cc1cc(C(=O)O)ccc1Br.O=S1(=O)CCNCC1. The van der Waals surface area contributed by atoms with Crippen LogP contribution in [0.3, 0.4) is 0 Å². The molecule has 2 saturated heterocycles. The van der Waals surface area contributed by atoms with Crippen molar-refractivity contribution in [1.82, 2.24) is 10.2 Å². The maximum atomic E-state index is 12.2. The van der Waals surface area contributed by atoms with Crippen molar-refractivity contribution >= 4 is 63.4 Å². The number of rotatable bonds is 2. The first-order chi connectivity index (χ1) is 17.2. The van der Waals surface area contributed by atoms with Crippen molar-refractivity contribution in [3.05, 3.63) is 67.6 Å². The van der Waals surface area contributed by atoms with E-state index in [0.29, 0.717) is 35.7 Å². The fourth-order valence-corrected chi connectivity index (χ4v) is 6.15. The molecular weight excluding hydrogens is 652 g/mol. The molecule has 0 radical (unpaired) electrons. The van der Waals surface area contributed by atoms with E-state index in [1.165, 1.54) is 0 Å². The number of aryl methyl sites for hydroxylation is 2. The molecule has 4 rings (SSSR count). The quantitative estimate of drug-likeness (QED) is 0.494. The standard InChI is InChI=1S/C12H14BrNO3S.C8H7BrO2.C4H9NO2S/c1-9-8-10(2-3-11(9)13)12(15)14-4-6-18(16,17)7-5-14;1-5-4-6(8(10)11)2-3-7(5)9;6-8(7)3-1-5-2-4-8/h2-3,8H,4-7H2,1H3;2-4H,1H3,(H,10,11);5H,1-4H2. The van der Waals surface area contributed by atoms with E-state index < -0.39 is 25.6 Å². The molecule has 0 spiro atoms. The minimum atomic E-state index is -2.95. The number of hydrogen-bond donors (Lipinski definition) is 2. The number of benzene rings is 2. The normalized spacial score (nSPS) is 17.9. The zero-order valence-corrected chi connectivity index (χ0v) is 25.3. The fraction of sp³-hybridized carbons (Fsp3) is 0.417. The van der Waals surface area contributed by atoms with E-state index >= 15 is 0 Å². The highest BCUT2D eigenvalue weighted by molar-refractivity contribution is 9.10. The summed E-state index contributed by atoms with van der Waals surface area (Å²) in [4.78, 5) is 24.2. The van der Waals surface area contributed by atoms with Gasteiger partial charge in [0.1, 0.15) is 0 Å². The lowest BCUT2D eigenvalue weighted by Gasteiger charge is -2.26. The third-order valence-corrected chi connectivity index (χ3v) is 10.7. The Hall–Kier alpha value is -1.80. The van der Waals surface area contributed by atoms with E-state index in [1.807, 2.05) is 26.0 Å². The van der Waals surface area contributed by atoms with Crippen molar-refractivity contribution < 1.29 is 31.5 Å². The van der Waals surface area contributed by atoms with Crippen molar-refractivity contribution in [2.45, 2.75) is 13.8 Å². The molecule has 2 N–H and O–H groups in total. The summed E-state index contributed by atoms with van der Waals surface area (Å²) in [5.41, 5.74) is 2.86. The van der Waals surface area contributed by atoms with Gasteiger partial charge < -0.3 is 15.3 Å². The molecule has 2 aromatic carbocycles. The van der Waals surface area contributed by atoms with E-state index in [-0.39, 0.29) is 30.5 Å². The fourth-order valence-electron chi connectivity index (χ4n) is 3.34. The zero-order valence-electron chi connectivity index (χ0n) is 20.5. The van der Waals surface area contributed by atoms with Gasteiger partial charge in [0.05, 0.1) is 28.6 Å². The molecule has 0 unspecified atom stereocenters. The predicted octanol–water partition coefficient (Wildman–Crippen LogP) is 3.09. The lowest BCUT2D eigenvalue weighted by atomic mass is 10.1. The highest BCUT2D eigenvalue weighted by Crippen LogP contribution is 2.19. The largest absolute Gasteiger partial charge is 0.478 e. The average molecular weight is 682 g/mol. The molecule has 0 atom stereocenters. The molecule has 9 nitrogen and oxygen atoms in total. The average Bonchev–Trinajstić information content (AvgIpc) is 2.83. The molecule has 204 valence electrons. The molecule has 2 aromatic rings. The number of carboxylic acid groups (broad SMARTS) is 1. The van der Waals surface area contributed by atoms with Crippen molar-refractivity contribution in [3.8, 4) is 0 Å². The maximum Gasteiger partial charge on any atom is 0.335 e. The second kappa shape index (κ2) is 13.8. The van der Waals surface area contributed by atoms with Crippen molar-refractivity contribution in [3.63, 3.8) is 0 Å². The van der Waals surface area contributed by atoms with Crippen LogP contribution in [0.4, 0.5) is 0 Å². The van der Waals surface area contributed by atoms with E-state index in [0.717, 1.165) is 20.1 Å². The summed E-state index contributed by atoms with van der Waals surface area (Å²) < 4.78 is 45.7. The Labute approximate surface area is 234 Å². The number of nitrogens with zero attached hydrogens (tertiary/aromatic N) is 1. The van der Waals surface area contributed by atoms with Gasteiger partial charge in [0.25, 0.3) is 5.91 Å². The van der Waals surface area contributed by atoms with Crippen LogP contribution in [-0.4, -0.2) is 87.9 Å². The van der Waals surface area contributed by atoms with Crippen LogP contribution in [0.15, 0.2) is 45.3 Å². The summed E-state index contributed by atoms with van der Waals surface area (Å²) in [7, 11) is -5.59. The lowest BCUT2D eigenvalue weighted by molar-refractivity contribution is 0.0695. The Kier molecular flexibility index (Phi) is 11.7. The van der Waals surface area contributed by atoms with E-state index in [9.17, 15) is 26.4 Å². The predicted molar refractivity (Wildman–Crippen MR) is 151 cm³/mol. The molecule has 0 saturated carbocycles. The molecule has 2 heterocycles. The summed E-state index contributed by atoms with van der Waals surface area (Å²) in [6, 6.07) is 10.3. The van der Waals surface area contributed by atoms with Crippen LogP contribution >= 0.6 is 31.9 Å². The number of carbonyl (C=O) groups is 2. The Bertz CT molecular complexity index is 1320. The molecule has 0 aliphatic carbocycles. The van der Waals surface area contributed by atoms with Gasteiger partial charge in [-0.15, -0.1) is 0 Å². The molecule has 2 aliphatic rings. The highest BCUT2D eigenvalue weighted by atomic mass is 79.9. The first-order valence-corrected chi connectivity index (χ1v) is 16.6. The molecule has 0 bridgehead atoms. The van der Waals surface area contributed by atoms with Crippen LogP contribution in [0.25, 0.3) is 0 Å². The number of aromatic carboxylic acids is 1. The summed E-state index contributed by atoms with van der Waals surface area (Å²) in [5.74, 6) is -0.233. The second-order valence-corrected chi connectivity index (χ2v) is 14.9. The molecule has 0 aromatic heterocycles. The van der Waals surface area contributed by atoms with Gasteiger partial charge in [-0.05, 0) is 61.4 Å². The van der Waals surface area contributed by atoms with Crippen molar-refractivity contribution in [2.24, 2.45) is 0 Å². The molecular formula is C24H30Br2N2O7S2. The van der Waals surface area contributed by atoms with Crippen molar-refractivity contribution in [2.75, 3.05) is 49.2 Å². The number of carboxylic acids is 1. The zero-order chi connectivity index (χ0) is 27.8. The lowest BCUT2D eigenvalue weighted by Crippen LogP contribution is -2.43. The summed E-state index contributed by atoms with van der Waals surface area (Å²) in [5, 5.41) is 11.5. The van der Waals surface area contributed by atoms with Crippen LogP contribution < -0.4 is 5.32 Å². The number of sulfone groups is 2. The van der Waals surface area contributed by atoms with Crippen LogP contribution in [0.5, 0.6) is 0 Å². The Morgan fingerprint density at radius 1 is 0.784 bits per heavy atom. The molecule has 37 heavy (non-hydrogen) atoms. The van der Waals surface area contributed by atoms with E-state index in [1.54, 1.807) is 29.2 Å². The minimum absolute atomic E-state index is 0.0637. The van der Waals surface area contributed by atoms with Crippen LogP contribution in [0, 0.1) is 13.8 Å². The number of carbonyl (C=O) groups excluding carboxylic acids is 1. The number of halogens is 2. The maximum absolute atomic E-state index is 12.2. The van der Waals surface area contributed by atoms with Crippen LogP contribution in [0.2, 0.25) is 0 Å². The number of hydrogen-bond acceptors (Lipinski definition) is 7. The van der Waals surface area contributed by atoms with Gasteiger partial charge in [-0.25, -0.2) is 21.6 Å². The van der Waals surface area contributed by atoms with Crippen LogP contribution in [0.1, 0.15) is 31.8 Å². The Morgan fingerprint density at radius 3 is 1.62 bits per heavy atom. The van der Waals surface area contributed by atoms with Crippen LogP contribution in [-0.2, 0) is 19.7 Å². The van der Waals surface area contributed by atoms with E-state index in [4.69, 9.17) is 5.11 Å². The van der Waals surface area contributed by atoms with Gasteiger partial charge in [0.15, 0.2) is 19.7 Å². The Balaban J connectivity index is 0.000000215. The van der Waals surface area contributed by atoms with Gasteiger partial charge in [-0.2, -0.15) is 0 Å². The Morgan fingerprint density at radius 2 is 1.22 bits per heavy atom. The van der Waals surface area contributed by atoms with Gasteiger partial charge in [0, 0.05) is 40.7 Å². The minimum Gasteiger partial charge on any atom is -0.478 e. The summed E-state index contributed by atoms with van der Waals surface area (Å²) in [6.07, 6.45) is 0. The topological polar surface area (TPSA) is 138 Å². The summed E-state index contributed by atoms with van der Waals surface area (Å²) >= 11 is 6.67. The smallest absolute Gasteiger partial charge is 0.335 e. The number of nitrogens with one attached hydrogen (secondary N) is 1. The first-order valence-electron chi connectivity index (χ1n) is 11.4. The van der Waals surface area contributed by atoms with Gasteiger partial charge >= 0.3 is 5.97 Å². The van der Waals surface area contributed by atoms with Gasteiger partial charge in [-0.3, -0.25) is 4.79 Å². The molecule has 2 aliphatic heterocycles. The second-order valence-electron chi connectivity index (χ2n) is 8.58. The van der Waals surface area contributed by atoms with Crippen molar-refractivity contribution in [1.29, 1.82) is 0 Å². The van der Waals surface area contributed by atoms with Gasteiger partial charge in [0.2, 0.25) is 0 Å². The monoisotopic (exact) mass is 680 g/mol. The number of amides is 1. The van der Waals surface area contributed by atoms with E-state index in [2.05, 4.69) is 37.2 Å².